The largest absolute Gasteiger partial charge is 0.432 e. The van der Waals surface area contributed by atoms with E-state index in [9.17, 15) is 4.79 Å². The first-order valence-corrected chi connectivity index (χ1v) is 5.06. The minimum Gasteiger partial charge on any atom is -0.432 e. The van der Waals surface area contributed by atoms with Crippen LogP contribution in [0.4, 0.5) is 5.95 Å². The van der Waals surface area contributed by atoms with Crippen molar-refractivity contribution in [1.82, 2.24) is 19.5 Å². The second kappa shape index (κ2) is 7.55. The minimum atomic E-state index is -0.321. The molecule has 2 heterocycles. The summed E-state index contributed by atoms with van der Waals surface area (Å²) in [7, 11) is 0. The predicted octanol–water partition coefficient (Wildman–Crippen LogP) is 0.750. The van der Waals surface area contributed by atoms with Gasteiger partial charge in [-0.05, 0) is 6.42 Å². The Kier molecular flexibility index (Phi) is 7.22. The van der Waals surface area contributed by atoms with Gasteiger partial charge in [0.2, 0.25) is 5.56 Å². The monoisotopic (exact) mass is 310 g/mol. The van der Waals surface area contributed by atoms with Crippen LogP contribution in [0, 0.1) is 13.3 Å². The van der Waals surface area contributed by atoms with Gasteiger partial charge in [-0.3, -0.25) is 9.78 Å². The number of nitrogens with zero attached hydrogens (tertiary/aromatic N) is 3. The van der Waals surface area contributed by atoms with Crippen molar-refractivity contribution in [3.63, 3.8) is 0 Å². The van der Waals surface area contributed by atoms with E-state index in [2.05, 4.69) is 28.2 Å². The summed E-state index contributed by atoms with van der Waals surface area (Å²) in [6.07, 6.45) is 3.64. The van der Waals surface area contributed by atoms with Crippen molar-refractivity contribution in [3.8, 4) is 0 Å². The standard InChI is InChI=1S/C8H10N5O.C2H5.Y/c1-2-3-13-4-10-5-6(13)11-8(9)12-7(5)14;1-2;/h2-3H2,1H3,(H3,9,11,12,14);1H2,2H3;/q2*-1;. The number of nitrogens with one attached hydrogen (secondary N) is 1. The Morgan fingerprint density at radius 3 is 2.76 bits per heavy atom. The van der Waals surface area contributed by atoms with Crippen LogP contribution in [0.15, 0.2) is 4.79 Å². The molecule has 0 saturated heterocycles. The fraction of sp³-hybridized carbons (Fsp3) is 0.400. The van der Waals surface area contributed by atoms with Crippen LogP contribution in [0.3, 0.4) is 0 Å². The number of hydrogen-bond donors (Lipinski definition) is 2. The SMILES string of the molecule is CCCn1[c-]nc2c(=O)[nH]c(N)nc21.[CH2-]C.[Y]. The number of H-pyrrole nitrogens is 1. The second-order valence-corrected chi connectivity index (χ2v) is 2.99. The number of anilines is 1. The molecule has 2 rings (SSSR count). The van der Waals surface area contributed by atoms with E-state index in [1.54, 1.807) is 11.5 Å². The van der Waals surface area contributed by atoms with E-state index in [0.717, 1.165) is 13.0 Å². The van der Waals surface area contributed by atoms with E-state index in [1.807, 2.05) is 6.92 Å². The molecule has 0 bridgehead atoms. The topological polar surface area (TPSA) is 89.6 Å². The Morgan fingerprint density at radius 1 is 1.53 bits per heavy atom. The minimum absolute atomic E-state index is 0. The molecule has 0 aromatic carbocycles. The summed E-state index contributed by atoms with van der Waals surface area (Å²) in [5.74, 6) is 0.105. The van der Waals surface area contributed by atoms with Gasteiger partial charge in [0, 0.05) is 56.7 Å². The van der Waals surface area contributed by atoms with Gasteiger partial charge >= 0.3 is 0 Å². The van der Waals surface area contributed by atoms with E-state index in [-0.39, 0.29) is 49.7 Å². The summed E-state index contributed by atoms with van der Waals surface area (Å²) in [6.45, 7) is 7.75. The van der Waals surface area contributed by atoms with Gasteiger partial charge in [-0.1, -0.05) is 6.92 Å². The molecule has 91 valence electrons. The Balaban J connectivity index is 0.000000811. The number of nitrogen functional groups attached to an aromatic ring is 1. The molecule has 2 aromatic heterocycles. The van der Waals surface area contributed by atoms with Gasteiger partial charge in [0.05, 0.1) is 0 Å². The zero-order valence-electron chi connectivity index (χ0n) is 10.0. The van der Waals surface area contributed by atoms with Crippen LogP contribution in [0.1, 0.15) is 20.3 Å². The van der Waals surface area contributed by atoms with Crippen molar-refractivity contribution in [1.29, 1.82) is 0 Å². The van der Waals surface area contributed by atoms with Gasteiger partial charge in [0.25, 0.3) is 0 Å². The summed E-state index contributed by atoms with van der Waals surface area (Å²) >= 11 is 0. The van der Waals surface area contributed by atoms with Crippen molar-refractivity contribution in [3.05, 3.63) is 23.6 Å². The molecule has 0 aliphatic rings. The number of imidazole rings is 1. The zero-order chi connectivity index (χ0) is 12.1. The van der Waals surface area contributed by atoms with Gasteiger partial charge in [-0.2, -0.15) is 6.92 Å². The summed E-state index contributed by atoms with van der Waals surface area (Å²) in [5.41, 5.74) is 5.89. The van der Waals surface area contributed by atoms with Gasteiger partial charge < -0.3 is 27.2 Å². The molecule has 0 amide bonds. The molecule has 7 heteroatoms. The molecule has 0 saturated carbocycles. The zero-order valence-corrected chi connectivity index (χ0v) is 12.9. The van der Waals surface area contributed by atoms with Crippen molar-refractivity contribution in [2.45, 2.75) is 26.8 Å². The quantitative estimate of drug-likeness (QED) is 0.801. The fourth-order valence-electron chi connectivity index (χ4n) is 1.30. The van der Waals surface area contributed by atoms with E-state index in [1.165, 1.54) is 0 Å². The number of fused-ring (bicyclic) bond motifs is 1. The van der Waals surface area contributed by atoms with Crippen molar-refractivity contribution < 1.29 is 32.7 Å². The average Bonchev–Trinajstić information content (AvgIpc) is 2.65. The Hall–Kier alpha value is -0.746. The van der Waals surface area contributed by atoms with E-state index in [0.29, 0.717) is 5.65 Å². The number of rotatable bonds is 2. The van der Waals surface area contributed by atoms with Crippen LogP contribution in [0.25, 0.3) is 11.2 Å². The third-order valence-electron chi connectivity index (χ3n) is 1.88. The maximum Gasteiger partial charge on any atom is 0.212 e. The first kappa shape index (κ1) is 16.3. The number of aromatic amines is 1. The van der Waals surface area contributed by atoms with Gasteiger partial charge in [-0.25, -0.2) is 0 Å². The molecule has 0 atom stereocenters. The predicted molar refractivity (Wildman–Crippen MR) is 62.7 cm³/mol. The molecule has 6 nitrogen and oxygen atoms in total. The van der Waals surface area contributed by atoms with Crippen LogP contribution in [-0.4, -0.2) is 19.5 Å². The molecular formula is C10H15N5OY-2. The molecule has 0 unspecified atom stereocenters. The van der Waals surface area contributed by atoms with Gasteiger partial charge in [0.1, 0.15) is 0 Å². The molecule has 1 radical (unpaired) electrons. The third-order valence-corrected chi connectivity index (χ3v) is 1.88. The van der Waals surface area contributed by atoms with Crippen LogP contribution in [0.5, 0.6) is 0 Å². The van der Waals surface area contributed by atoms with Crippen LogP contribution in [0.2, 0.25) is 0 Å². The van der Waals surface area contributed by atoms with Gasteiger partial charge in [0.15, 0.2) is 5.95 Å². The maximum absolute atomic E-state index is 11.3. The Labute approximate surface area is 125 Å². The van der Waals surface area contributed by atoms with E-state index >= 15 is 0 Å². The first-order valence-electron chi connectivity index (χ1n) is 5.06. The number of hydrogen-bond acceptors (Lipinski definition) is 4. The van der Waals surface area contributed by atoms with Gasteiger partial charge in [-0.15, -0.1) is 0 Å². The molecule has 0 aliphatic heterocycles. The second-order valence-electron chi connectivity index (χ2n) is 2.99. The van der Waals surface area contributed by atoms with Crippen molar-refractivity contribution >= 4 is 17.1 Å². The summed E-state index contributed by atoms with van der Waals surface area (Å²) < 4.78 is 1.70. The van der Waals surface area contributed by atoms with Crippen molar-refractivity contribution in [2.24, 2.45) is 0 Å². The molecule has 17 heavy (non-hydrogen) atoms. The fourth-order valence-corrected chi connectivity index (χ4v) is 1.30. The number of aryl methyl sites for hydroxylation is 1. The molecule has 0 fully saturated rings. The molecule has 0 aliphatic carbocycles. The normalized spacial score (nSPS) is 9.35. The van der Waals surface area contributed by atoms with E-state index < -0.39 is 0 Å². The van der Waals surface area contributed by atoms with Crippen LogP contribution < -0.4 is 11.3 Å². The van der Waals surface area contributed by atoms with Crippen LogP contribution in [-0.2, 0) is 39.3 Å². The smallest absolute Gasteiger partial charge is 0.212 e. The molecule has 0 spiro atoms. The number of aromatic nitrogens is 4. The average molecular weight is 310 g/mol. The first-order chi connectivity index (χ1) is 7.72. The molecular weight excluding hydrogens is 295 g/mol. The maximum atomic E-state index is 11.3. The Morgan fingerprint density at radius 2 is 2.18 bits per heavy atom. The molecule has 3 N–H and O–H groups in total. The summed E-state index contributed by atoms with van der Waals surface area (Å²) in [6, 6.07) is 0. The summed E-state index contributed by atoms with van der Waals surface area (Å²) in [5, 5.41) is 0. The van der Waals surface area contributed by atoms with E-state index in [4.69, 9.17) is 5.73 Å². The van der Waals surface area contributed by atoms with Crippen molar-refractivity contribution in [2.75, 3.05) is 5.73 Å². The summed E-state index contributed by atoms with van der Waals surface area (Å²) in [4.78, 5) is 21.6. The number of nitrogens with two attached hydrogens (primary N) is 1. The Bertz CT molecular complexity index is 519. The van der Waals surface area contributed by atoms with Crippen LogP contribution >= 0.6 is 0 Å². The third kappa shape index (κ3) is 3.61. The molecule has 2 aromatic rings.